The smallest absolute Gasteiger partial charge is 0.261 e. The Hall–Kier alpha value is -2.93. The molecular formula is C22H27N3O4. The third kappa shape index (κ3) is 5.77. The SMILES string of the molecule is NC(=O)c1cc2c([nH]c1=O)CCCC2NC(=O)CCCOCCc1ccccc1. The van der Waals surface area contributed by atoms with Gasteiger partial charge < -0.3 is 20.8 Å². The number of ether oxygens (including phenoxy) is 1. The Labute approximate surface area is 169 Å². The van der Waals surface area contributed by atoms with Crippen LogP contribution in [-0.2, 0) is 22.4 Å². The van der Waals surface area contributed by atoms with Crippen LogP contribution in [0.3, 0.4) is 0 Å². The van der Waals surface area contributed by atoms with Gasteiger partial charge in [0.15, 0.2) is 0 Å². The molecule has 1 aromatic heterocycles. The molecule has 154 valence electrons. The zero-order chi connectivity index (χ0) is 20.6. The van der Waals surface area contributed by atoms with Crippen molar-refractivity contribution in [1.29, 1.82) is 0 Å². The minimum atomic E-state index is -0.766. The van der Waals surface area contributed by atoms with Crippen LogP contribution in [0.2, 0.25) is 0 Å². The summed E-state index contributed by atoms with van der Waals surface area (Å²) in [6.45, 7) is 1.16. The molecule has 0 spiro atoms. The van der Waals surface area contributed by atoms with E-state index in [9.17, 15) is 14.4 Å². The van der Waals surface area contributed by atoms with Crippen molar-refractivity contribution in [2.45, 2.75) is 44.6 Å². The molecule has 0 radical (unpaired) electrons. The van der Waals surface area contributed by atoms with E-state index >= 15 is 0 Å². The molecule has 7 heteroatoms. The van der Waals surface area contributed by atoms with Crippen LogP contribution >= 0.6 is 0 Å². The number of aromatic nitrogens is 1. The zero-order valence-electron chi connectivity index (χ0n) is 16.4. The lowest BCUT2D eigenvalue weighted by atomic mass is 9.90. The third-order valence-corrected chi connectivity index (χ3v) is 5.12. The largest absolute Gasteiger partial charge is 0.381 e. The van der Waals surface area contributed by atoms with E-state index in [0.717, 1.165) is 30.5 Å². The second-order valence-corrected chi connectivity index (χ2v) is 7.27. The Morgan fingerprint density at radius 2 is 2.00 bits per heavy atom. The Balaban J connectivity index is 1.45. The topological polar surface area (TPSA) is 114 Å². The summed E-state index contributed by atoms with van der Waals surface area (Å²) in [5.74, 6) is -0.835. The van der Waals surface area contributed by atoms with Crippen LogP contribution < -0.4 is 16.6 Å². The normalized spacial score (nSPS) is 15.5. The first-order valence-corrected chi connectivity index (χ1v) is 10.0. The van der Waals surface area contributed by atoms with Crippen molar-refractivity contribution >= 4 is 11.8 Å². The van der Waals surface area contributed by atoms with Gasteiger partial charge in [-0.05, 0) is 49.3 Å². The highest BCUT2D eigenvalue weighted by Crippen LogP contribution is 2.28. The second kappa shape index (κ2) is 10.0. The number of nitrogens with two attached hydrogens (primary N) is 1. The van der Waals surface area contributed by atoms with E-state index in [2.05, 4.69) is 22.4 Å². The molecule has 1 unspecified atom stereocenters. The number of hydrogen-bond donors (Lipinski definition) is 3. The minimum absolute atomic E-state index is 0.0682. The molecule has 1 aliphatic carbocycles. The summed E-state index contributed by atoms with van der Waals surface area (Å²) in [6.07, 6.45) is 4.18. The number of nitrogens with one attached hydrogen (secondary N) is 2. The highest BCUT2D eigenvalue weighted by molar-refractivity contribution is 5.92. The Morgan fingerprint density at radius 1 is 1.21 bits per heavy atom. The van der Waals surface area contributed by atoms with Crippen LogP contribution in [0.25, 0.3) is 0 Å². The van der Waals surface area contributed by atoms with Crippen LogP contribution in [0.4, 0.5) is 0 Å². The van der Waals surface area contributed by atoms with E-state index in [1.165, 1.54) is 11.6 Å². The number of aromatic amines is 1. The third-order valence-electron chi connectivity index (χ3n) is 5.12. The van der Waals surface area contributed by atoms with Crippen LogP contribution in [0.1, 0.15) is 58.9 Å². The lowest BCUT2D eigenvalue weighted by Crippen LogP contribution is -2.34. The lowest BCUT2D eigenvalue weighted by Gasteiger charge is -2.26. The van der Waals surface area contributed by atoms with Gasteiger partial charge in [0, 0.05) is 18.7 Å². The summed E-state index contributed by atoms with van der Waals surface area (Å²) in [6, 6.07) is 11.4. The maximum atomic E-state index is 12.3. The number of pyridine rings is 1. The van der Waals surface area contributed by atoms with Gasteiger partial charge in [0.2, 0.25) is 5.91 Å². The van der Waals surface area contributed by atoms with Crippen molar-refractivity contribution in [3.63, 3.8) is 0 Å². The average molecular weight is 397 g/mol. The Morgan fingerprint density at radius 3 is 2.76 bits per heavy atom. The Kier molecular flexibility index (Phi) is 7.19. The molecule has 0 saturated heterocycles. The van der Waals surface area contributed by atoms with Gasteiger partial charge in [-0.25, -0.2) is 0 Å². The van der Waals surface area contributed by atoms with Gasteiger partial charge in [0.1, 0.15) is 5.56 Å². The monoisotopic (exact) mass is 397 g/mol. The fourth-order valence-electron chi connectivity index (χ4n) is 3.61. The highest BCUT2D eigenvalue weighted by atomic mass is 16.5. The summed E-state index contributed by atoms with van der Waals surface area (Å²) in [5.41, 5.74) is 7.50. The number of H-pyrrole nitrogens is 1. The van der Waals surface area contributed by atoms with E-state index in [0.29, 0.717) is 32.5 Å². The van der Waals surface area contributed by atoms with Crippen LogP contribution in [-0.4, -0.2) is 30.0 Å². The summed E-state index contributed by atoms with van der Waals surface area (Å²) >= 11 is 0. The quantitative estimate of drug-likeness (QED) is 0.562. The molecule has 29 heavy (non-hydrogen) atoms. The van der Waals surface area contributed by atoms with Gasteiger partial charge in [0.25, 0.3) is 11.5 Å². The molecule has 0 saturated carbocycles. The number of carbonyl (C=O) groups is 2. The molecule has 1 aliphatic rings. The molecule has 7 nitrogen and oxygen atoms in total. The van der Waals surface area contributed by atoms with Crippen LogP contribution in [0.5, 0.6) is 0 Å². The van der Waals surface area contributed by atoms with E-state index in [4.69, 9.17) is 10.5 Å². The maximum Gasteiger partial charge on any atom is 0.261 e. The fourth-order valence-corrected chi connectivity index (χ4v) is 3.61. The number of hydrogen-bond acceptors (Lipinski definition) is 4. The standard InChI is InChI=1S/C22H27N3O4/c23-21(27)17-14-16-18(8-4-9-19(16)25-22(17)28)24-20(26)10-5-12-29-13-11-15-6-2-1-3-7-15/h1-3,6-7,14,18H,4-5,8-13H2,(H2,23,27)(H,24,26)(H,25,28). The van der Waals surface area contributed by atoms with Crippen molar-refractivity contribution in [3.8, 4) is 0 Å². The number of benzene rings is 1. The van der Waals surface area contributed by atoms with Gasteiger partial charge >= 0.3 is 0 Å². The predicted molar refractivity (Wildman–Crippen MR) is 110 cm³/mol. The van der Waals surface area contributed by atoms with Crippen molar-refractivity contribution in [1.82, 2.24) is 10.3 Å². The van der Waals surface area contributed by atoms with Crippen LogP contribution in [0.15, 0.2) is 41.2 Å². The van der Waals surface area contributed by atoms with Crippen molar-refractivity contribution in [2.24, 2.45) is 5.73 Å². The average Bonchev–Trinajstić information content (AvgIpc) is 2.71. The fraction of sp³-hybridized carbons (Fsp3) is 0.409. The van der Waals surface area contributed by atoms with Gasteiger partial charge in [0.05, 0.1) is 12.6 Å². The number of aryl methyl sites for hydroxylation is 1. The molecule has 0 bridgehead atoms. The molecule has 4 N–H and O–H groups in total. The second-order valence-electron chi connectivity index (χ2n) is 7.27. The van der Waals surface area contributed by atoms with Crippen molar-refractivity contribution in [2.75, 3.05) is 13.2 Å². The van der Waals surface area contributed by atoms with Gasteiger partial charge in [-0.1, -0.05) is 30.3 Å². The predicted octanol–water partition coefficient (Wildman–Crippen LogP) is 2.01. The first kappa shape index (κ1) is 20.8. The summed E-state index contributed by atoms with van der Waals surface area (Å²) in [7, 11) is 0. The van der Waals surface area contributed by atoms with Crippen molar-refractivity contribution in [3.05, 3.63) is 69.1 Å². The number of rotatable bonds is 9. The maximum absolute atomic E-state index is 12.3. The van der Waals surface area contributed by atoms with Gasteiger partial charge in [-0.3, -0.25) is 14.4 Å². The first-order valence-electron chi connectivity index (χ1n) is 10.0. The summed E-state index contributed by atoms with van der Waals surface area (Å²) in [5, 5.41) is 3.01. The van der Waals surface area contributed by atoms with E-state index in [1.807, 2.05) is 18.2 Å². The number of amides is 2. The summed E-state index contributed by atoms with van der Waals surface area (Å²) < 4.78 is 5.62. The Bertz CT molecular complexity index is 908. The van der Waals surface area contributed by atoms with Crippen LogP contribution in [0, 0.1) is 0 Å². The molecule has 1 heterocycles. The number of carbonyl (C=O) groups excluding carboxylic acids is 2. The van der Waals surface area contributed by atoms with E-state index in [1.54, 1.807) is 0 Å². The molecular weight excluding hydrogens is 370 g/mol. The van der Waals surface area contributed by atoms with E-state index < -0.39 is 11.5 Å². The molecule has 0 aliphatic heterocycles. The molecule has 1 atom stereocenters. The summed E-state index contributed by atoms with van der Waals surface area (Å²) in [4.78, 5) is 38.4. The van der Waals surface area contributed by atoms with E-state index in [-0.39, 0.29) is 17.5 Å². The van der Waals surface area contributed by atoms with Gasteiger partial charge in [-0.15, -0.1) is 0 Å². The highest BCUT2D eigenvalue weighted by Gasteiger charge is 2.24. The van der Waals surface area contributed by atoms with Crippen molar-refractivity contribution < 1.29 is 14.3 Å². The molecule has 1 aromatic carbocycles. The number of primary amides is 1. The molecule has 2 aromatic rings. The molecule has 0 fully saturated rings. The van der Waals surface area contributed by atoms with Gasteiger partial charge in [-0.2, -0.15) is 0 Å². The molecule has 2 amide bonds. The minimum Gasteiger partial charge on any atom is -0.381 e. The lowest BCUT2D eigenvalue weighted by molar-refractivity contribution is -0.122. The number of fused-ring (bicyclic) bond motifs is 1. The molecule has 3 rings (SSSR count). The first-order chi connectivity index (χ1) is 14.0. The zero-order valence-corrected chi connectivity index (χ0v) is 16.4.